The SMILES string of the molecule is NC(=S)N1PN(C(N)=S)c2ccccc21. The Morgan fingerprint density at radius 3 is 1.73 bits per heavy atom. The molecular weight excluding hydrogens is 247 g/mol. The fraction of sp³-hybridized carbons (Fsp3) is 0. The van der Waals surface area contributed by atoms with Crippen molar-refractivity contribution in [2.75, 3.05) is 9.34 Å². The predicted molar refractivity (Wildman–Crippen MR) is 73.3 cm³/mol. The molecule has 0 amide bonds. The minimum Gasteiger partial charge on any atom is -0.376 e. The Kier molecular flexibility index (Phi) is 2.73. The zero-order valence-electron chi connectivity index (χ0n) is 7.68. The van der Waals surface area contributed by atoms with Crippen LogP contribution in [0.15, 0.2) is 24.3 Å². The summed E-state index contributed by atoms with van der Waals surface area (Å²) in [5.74, 6) is 0. The summed E-state index contributed by atoms with van der Waals surface area (Å²) in [6.07, 6.45) is 0. The largest absolute Gasteiger partial charge is 0.376 e. The summed E-state index contributed by atoms with van der Waals surface area (Å²) in [7, 11) is 0.223. The number of hydrogen-bond acceptors (Lipinski definition) is 2. The summed E-state index contributed by atoms with van der Waals surface area (Å²) >= 11 is 9.94. The van der Waals surface area contributed by atoms with Crippen molar-refractivity contribution in [2.45, 2.75) is 0 Å². The molecule has 1 aromatic rings. The molecule has 0 atom stereocenters. The van der Waals surface area contributed by atoms with E-state index in [-0.39, 0.29) is 8.88 Å². The molecule has 4 nitrogen and oxygen atoms in total. The Morgan fingerprint density at radius 1 is 1.00 bits per heavy atom. The van der Waals surface area contributed by atoms with E-state index in [1.807, 2.05) is 33.6 Å². The van der Waals surface area contributed by atoms with E-state index < -0.39 is 0 Å². The number of thiocarbonyl (C=S) groups is 2. The van der Waals surface area contributed by atoms with Crippen LogP contribution in [0, 0.1) is 0 Å². The highest BCUT2D eigenvalue weighted by molar-refractivity contribution is 7.82. The van der Waals surface area contributed by atoms with Gasteiger partial charge in [-0.15, -0.1) is 0 Å². The van der Waals surface area contributed by atoms with E-state index in [1.165, 1.54) is 0 Å². The van der Waals surface area contributed by atoms with Gasteiger partial charge in [-0.05, 0) is 36.6 Å². The van der Waals surface area contributed by atoms with Gasteiger partial charge in [0.2, 0.25) is 0 Å². The van der Waals surface area contributed by atoms with Crippen molar-refractivity contribution in [3.8, 4) is 0 Å². The third-order valence-corrected chi connectivity index (χ3v) is 4.06. The molecule has 4 N–H and O–H groups in total. The van der Waals surface area contributed by atoms with Gasteiger partial charge in [0.15, 0.2) is 10.2 Å². The van der Waals surface area contributed by atoms with Crippen LogP contribution in [0.2, 0.25) is 0 Å². The monoisotopic (exact) mass is 256 g/mol. The van der Waals surface area contributed by atoms with Crippen LogP contribution in [-0.4, -0.2) is 10.2 Å². The average Bonchev–Trinajstić information content (AvgIpc) is 2.56. The van der Waals surface area contributed by atoms with E-state index >= 15 is 0 Å². The first-order valence-corrected chi connectivity index (χ1v) is 5.87. The van der Waals surface area contributed by atoms with E-state index in [0.29, 0.717) is 10.2 Å². The Hall–Kier alpha value is -0.970. The van der Waals surface area contributed by atoms with Gasteiger partial charge in [0, 0.05) is 0 Å². The third kappa shape index (κ3) is 1.76. The van der Waals surface area contributed by atoms with Crippen molar-refractivity contribution in [1.82, 2.24) is 0 Å². The van der Waals surface area contributed by atoms with Crippen molar-refractivity contribution in [3.05, 3.63) is 24.3 Å². The maximum Gasteiger partial charge on any atom is 0.175 e. The van der Waals surface area contributed by atoms with Gasteiger partial charge in [-0.3, -0.25) is 9.34 Å². The maximum atomic E-state index is 5.63. The molecule has 0 fully saturated rings. The summed E-state index contributed by atoms with van der Waals surface area (Å²) in [6.45, 7) is 0. The van der Waals surface area contributed by atoms with Crippen LogP contribution in [0.1, 0.15) is 0 Å². The van der Waals surface area contributed by atoms with Gasteiger partial charge in [-0.2, -0.15) is 0 Å². The number of rotatable bonds is 0. The van der Waals surface area contributed by atoms with Gasteiger partial charge in [0.25, 0.3) is 0 Å². The molecule has 0 aromatic heterocycles. The molecule has 0 aliphatic carbocycles. The molecule has 1 aliphatic rings. The topological polar surface area (TPSA) is 58.5 Å². The van der Waals surface area contributed by atoms with Crippen molar-refractivity contribution in [3.63, 3.8) is 0 Å². The first-order valence-electron chi connectivity index (χ1n) is 4.15. The van der Waals surface area contributed by atoms with Crippen LogP contribution in [0.25, 0.3) is 0 Å². The van der Waals surface area contributed by atoms with Crippen LogP contribution in [0.5, 0.6) is 0 Å². The molecule has 15 heavy (non-hydrogen) atoms. The summed E-state index contributed by atoms with van der Waals surface area (Å²) in [5, 5.41) is 0.666. The molecule has 1 aromatic carbocycles. The lowest BCUT2D eigenvalue weighted by Crippen LogP contribution is -2.30. The second-order valence-electron chi connectivity index (χ2n) is 2.94. The number of hydrogen-bond donors (Lipinski definition) is 2. The molecule has 1 aliphatic heterocycles. The fourth-order valence-electron chi connectivity index (χ4n) is 1.39. The number of para-hydroxylation sites is 2. The summed E-state index contributed by atoms with van der Waals surface area (Å²) in [6, 6.07) is 7.74. The average molecular weight is 256 g/mol. The van der Waals surface area contributed by atoms with E-state index in [1.54, 1.807) is 0 Å². The van der Waals surface area contributed by atoms with Gasteiger partial charge in [0.05, 0.1) is 20.3 Å². The van der Waals surface area contributed by atoms with E-state index in [2.05, 4.69) is 0 Å². The molecule has 2 rings (SSSR count). The lowest BCUT2D eigenvalue weighted by Gasteiger charge is -2.17. The van der Waals surface area contributed by atoms with Gasteiger partial charge >= 0.3 is 0 Å². The van der Waals surface area contributed by atoms with Crippen LogP contribution in [0.3, 0.4) is 0 Å². The summed E-state index contributed by atoms with van der Waals surface area (Å²) in [4.78, 5) is 0. The normalized spacial score (nSPS) is 13.9. The number of nitrogens with zero attached hydrogens (tertiary/aromatic N) is 2. The second kappa shape index (κ2) is 3.89. The molecule has 0 radical (unpaired) electrons. The molecule has 7 heteroatoms. The highest BCUT2D eigenvalue weighted by atomic mass is 32.1. The van der Waals surface area contributed by atoms with Crippen LogP contribution >= 0.6 is 33.3 Å². The van der Waals surface area contributed by atoms with Crippen molar-refractivity contribution >= 4 is 54.9 Å². The van der Waals surface area contributed by atoms with E-state index in [4.69, 9.17) is 35.9 Å². The van der Waals surface area contributed by atoms with Crippen molar-refractivity contribution < 1.29 is 0 Å². The minimum atomic E-state index is 0.223. The number of nitrogens with two attached hydrogens (primary N) is 2. The quantitative estimate of drug-likeness (QED) is 0.539. The van der Waals surface area contributed by atoms with Crippen LogP contribution in [0.4, 0.5) is 11.4 Å². The second-order valence-corrected chi connectivity index (χ2v) is 4.87. The molecule has 0 bridgehead atoms. The molecule has 0 saturated heterocycles. The maximum absolute atomic E-state index is 5.63. The summed E-state index contributed by atoms with van der Waals surface area (Å²) in [5.41, 5.74) is 13.2. The minimum absolute atomic E-state index is 0.223. The molecular formula is C8H9N4PS2. The van der Waals surface area contributed by atoms with E-state index in [9.17, 15) is 0 Å². The fourth-order valence-corrected chi connectivity index (χ4v) is 2.82. The zero-order valence-corrected chi connectivity index (χ0v) is 10.3. The highest BCUT2D eigenvalue weighted by Crippen LogP contribution is 2.47. The first kappa shape index (κ1) is 10.5. The van der Waals surface area contributed by atoms with Gasteiger partial charge in [-0.1, -0.05) is 12.1 Å². The molecule has 0 spiro atoms. The highest BCUT2D eigenvalue weighted by Gasteiger charge is 2.28. The zero-order chi connectivity index (χ0) is 11.0. The Bertz CT molecular complexity index is 397. The molecule has 78 valence electrons. The van der Waals surface area contributed by atoms with Gasteiger partial charge < -0.3 is 11.5 Å². The Labute approximate surface area is 100 Å². The lowest BCUT2D eigenvalue weighted by atomic mass is 10.2. The van der Waals surface area contributed by atoms with Crippen molar-refractivity contribution in [2.24, 2.45) is 11.5 Å². The molecule has 1 heterocycles. The van der Waals surface area contributed by atoms with Crippen LogP contribution in [-0.2, 0) is 0 Å². The summed E-state index contributed by atoms with van der Waals surface area (Å²) < 4.78 is 3.65. The lowest BCUT2D eigenvalue weighted by molar-refractivity contribution is 1.50. The Balaban J connectivity index is 2.48. The number of anilines is 2. The number of benzene rings is 1. The van der Waals surface area contributed by atoms with Gasteiger partial charge in [-0.25, -0.2) is 0 Å². The molecule has 0 unspecified atom stereocenters. The van der Waals surface area contributed by atoms with Gasteiger partial charge in [0.1, 0.15) is 0 Å². The van der Waals surface area contributed by atoms with E-state index in [0.717, 1.165) is 11.4 Å². The predicted octanol–water partition coefficient (Wildman–Crippen LogP) is 1.31. The Morgan fingerprint density at radius 2 is 1.40 bits per heavy atom. The van der Waals surface area contributed by atoms with Crippen LogP contribution < -0.4 is 20.8 Å². The molecule has 0 saturated carbocycles. The number of fused-ring (bicyclic) bond motifs is 1. The first-order chi connectivity index (χ1) is 7.11. The third-order valence-electron chi connectivity index (χ3n) is 2.00. The standard InChI is InChI=1S/C8H9N4PS2/c9-7(14)11-5-3-1-2-4-6(5)12(13-11)8(10)15/h1-4,13H,(H2,9,14)(H2,10,15). The smallest absolute Gasteiger partial charge is 0.175 e. The van der Waals surface area contributed by atoms with Crippen molar-refractivity contribution in [1.29, 1.82) is 0 Å².